The van der Waals surface area contributed by atoms with E-state index in [1.165, 1.54) is 0 Å². The zero-order valence-electron chi connectivity index (χ0n) is 19.0. The molecule has 5 rings (SSSR count). The van der Waals surface area contributed by atoms with E-state index in [4.69, 9.17) is 10.1 Å². The van der Waals surface area contributed by atoms with Crippen LogP contribution in [-0.2, 0) is 12.8 Å². The molecule has 0 bridgehead atoms. The van der Waals surface area contributed by atoms with Crippen LogP contribution in [0.2, 0.25) is 0 Å². The Labute approximate surface area is 187 Å². The highest BCUT2D eigenvalue weighted by molar-refractivity contribution is 6.12. The SMILES string of the molecule is CC(C)c1cc(C(=O)Nc2c3c(nn2-c2ccccc2)CCC3)c2cnn(C(C)C)c2n1. The number of para-hydroxylation sites is 1. The minimum atomic E-state index is -0.158. The van der Waals surface area contributed by atoms with Gasteiger partial charge in [0, 0.05) is 17.3 Å². The van der Waals surface area contributed by atoms with E-state index in [1.54, 1.807) is 6.20 Å². The first-order valence-corrected chi connectivity index (χ1v) is 11.3. The number of pyridine rings is 1. The van der Waals surface area contributed by atoms with Gasteiger partial charge < -0.3 is 5.32 Å². The fraction of sp³-hybridized carbons (Fsp3) is 0.360. The number of amides is 1. The molecule has 3 aromatic heterocycles. The van der Waals surface area contributed by atoms with E-state index in [9.17, 15) is 4.79 Å². The Morgan fingerprint density at radius 2 is 1.88 bits per heavy atom. The van der Waals surface area contributed by atoms with E-state index in [-0.39, 0.29) is 17.9 Å². The van der Waals surface area contributed by atoms with Crippen molar-refractivity contribution < 1.29 is 4.79 Å². The first-order valence-electron chi connectivity index (χ1n) is 11.3. The number of carbonyl (C=O) groups is 1. The maximum atomic E-state index is 13.6. The first kappa shape index (κ1) is 20.4. The standard InChI is InChI=1S/C25H28N6O/c1-15(2)22-13-19(20-14-26-30(16(3)4)24(20)27-22)25(32)28-23-18-11-8-12-21(18)29-31(23)17-9-6-5-7-10-17/h5-7,9-10,13-16H,8,11-12H2,1-4H3,(H,28,32). The molecule has 1 aromatic carbocycles. The molecule has 0 aliphatic heterocycles. The van der Waals surface area contributed by atoms with Crippen LogP contribution >= 0.6 is 0 Å². The maximum absolute atomic E-state index is 13.6. The van der Waals surface area contributed by atoms with Crippen LogP contribution in [0.3, 0.4) is 0 Å². The third-order valence-electron chi connectivity index (χ3n) is 6.05. The molecule has 164 valence electrons. The van der Waals surface area contributed by atoms with Crippen LogP contribution in [0, 0.1) is 0 Å². The molecule has 7 heteroatoms. The number of rotatable bonds is 5. The summed E-state index contributed by atoms with van der Waals surface area (Å²) in [6.45, 7) is 8.31. The van der Waals surface area contributed by atoms with Crippen LogP contribution < -0.4 is 5.32 Å². The lowest BCUT2D eigenvalue weighted by atomic mass is 10.0. The highest BCUT2D eigenvalue weighted by atomic mass is 16.1. The van der Waals surface area contributed by atoms with Gasteiger partial charge >= 0.3 is 0 Å². The second-order valence-electron chi connectivity index (χ2n) is 9.00. The summed E-state index contributed by atoms with van der Waals surface area (Å²) in [5.74, 6) is 0.802. The Hall–Kier alpha value is -3.48. The summed E-state index contributed by atoms with van der Waals surface area (Å²) in [5, 5.41) is 13.3. The molecule has 1 N–H and O–H groups in total. The molecule has 0 saturated carbocycles. The van der Waals surface area contributed by atoms with Gasteiger partial charge in [0.15, 0.2) is 5.65 Å². The van der Waals surface area contributed by atoms with E-state index in [1.807, 2.05) is 45.8 Å². The van der Waals surface area contributed by atoms with Gasteiger partial charge in [-0.05, 0) is 57.2 Å². The molecular weight excluding hydrogens is 400 g/mol. The Morgan fingerprint density at radius 1 is 1.09 bits per heavy atom. The van der Waals surface area contributed by atoms with E-state index >= 15 is 0 Å². The lowest BCUT2D eigenvalue weighted by Crippen LogP contribution is -2.17. The molecule has 0 fully saturated rings. The van der Waals surface area contributed by atoms with Crippen LogP contribution in [0.5, 0.6) is 0 Å². The van der Waals surface area contributed by atoms with Crippen molar-refractivity contribution in [2.45, 2.75) is 58.9 Å². The summed E-state index contributed by atoms with van der Waals surface area (Å²) in [6, 6.07) is 12.0. The van der Waals surface area contributed by atoms with E-state index in [0.717, 1.165) is 58.8 Å². The second-order valence-corrected chi connectivity index (χ2v) is 9.00. The lowest BCUT2D eigenvalue weighted by molar-refractivity contribution is 0.102. The number of hydrogen-bond acceptors (Lipinski definition) is 4. The Morgan fingerprint density at radius 3 is 2.59 bits per heavy atom. The van der Waals surface area contributed by atoms with Crippen molar-refractivity contribution in [1.82, 2.24) is 24.5 Å². The smallest absolute Gasteiger partial charge is 0.257 e. The van der Waals surface area contributed by atoms with Gasteiger partial charge in [0.2, 0.25) is 0 Å². The quantitative estimate of drug-likeness (QED) is 0.482. The molecule has 7 nitrogen and oxygen atoms in total. The van der Waals surface area contributed by atoms with Crippen molar-refractivity contribution in [2.24, 2.45) is 0 Å². The summed E-state index contributed by atoms with van der Waals surface area (Å²) in [5.41, 5.74) is 5.37. The zero-order chi connectivity index (χ0) is 22.4. The minimum absolute atomic E-state index is 0.154. The molecular formula is C25H28N6O. The molecule has 32 heavy (non-hydrogen) atoms. The third-order valence-corrected chi connectivity index (χ3v) is 6.05. The number of nitrogens with one attached hydrogen (secondary N) is 1. The van der Waals surface area contributed by atoms with Crippen molar-refractivity contribution in [3.63, 3.8) is 0 Å². The number of nitrogens with zero attached hydrogens (tertiary/aromatic N) is 5. The summed E-state index contributed by atoms with van der Waals surface area (Å²) < 4.78 is 3.74. The number of aromatic nitrogens is 5. The number of aryl methyl sites for hydroxylation is 1. The van der Waals surface area contributed by atoms with Crippen molar-refractivity contribution in [3.05, 3.63) is 65.1 Å². The molecule has 0 spiro atoms. The molecule has 0 unspecified atom stereocenters. The average molecular weight is 429 g/mol. The van der Waals surface area contributed by atoms with E-state index in [0.29, 0.717) is 5.56 Å². The molecule has 0 radical (unpaired) electrons. The molecule has 1 aliphatic carbocycles. The number of fused-ring (bicyclic) bond motifs is 2. The van der Waals surface area contributed by atoms with Gasteiger partial charge in [0.1, 0.15) is 5.82 Å². The Balaban J connectivity index is 1.61. The van der Waals surface area contributed by atoms with Gasteiger partial charge in [-0.2, -0.15) is 10.2 Å². The monoisotopic (exact) mass is 428 g/mol. The van der Waals surface area contributed by atoms with Crippen LogP contribution in [0.4, 0.5) is 5.82 Å². The van der Waals surface area contributed by atoms with Gasteiger partial charge in [0.05, 0.1) is 28.5 Å². The highest BCUT2D eigenvalue weighted by Gasteiger charge is 2.26. The molecule has 1 aliphatic rings. The van der Waals surface area contributed by atoms with Gasteiger partial charge in [-0.25, -0.2) is 14.3 Å². The Kier molecular flexibility index (Phi) is 5.04. The number of hydrogen-bond donors (Lipinski definition) is 1. The summed E-state index contributed by atoms with van der Waals surface area (Å²) >= 11 is 0. The van der Waals surface area contributed by atoms with E-state index in [2.05, 4.69) is 38.1 Å². The van der Waals surface area contributed by atoms with Gasteiger partial charge in [-0.1, -0.05) is 32.0 Å². The van der Waals surface area contributed by atoms with E-state index < -0.39 is 0 Å². The minimum Gasteiger partial charge on any atom is -0.306 e. The second kappa shape index (κ2) is 7.89. The lowest BCUT2D eigenvalue weighted by Gasteiger charge is -2.14. The number of anilines is 1. The average Bonchev–Trinajstić information content (AvgIpc) is 3.49. The Bertz CT molecular complexity index is 1300. The molecule has 4 aromatic rings. The van der Waals surface area contributed by atoms with Gasteiger partial charge in [-0.3, -0.25) is 4.79 Å². The van der Waals surface area contributed by atoms with Gasteiger partial charge in [-0.15, -0.1) is 0 Å². The molecule has 0 saturated heterocycles. The normalized spacial score (nSPS) is 13.3. The first-order chi connectivity index (χ1) is 15.4. The number of benzene rings is 1. The number of carbonyl (C=O) groups excluding carboxylic acids is 1. The maximum Gasteiger partial charge on any atom is 0.257 e. The van der Waals surface area contributed by atoms with Crippen LogP contribution in [0.15, 0.2) is 42.6 Å². The van der Waals surface area contributed by atoms with Crippen LogP contribution in [0.1, 0.15) is 73.4 Å². The fourth-order valence-electron chi connectivity index (χ4n) is 4.35. The van der Waals surface area contributed by atoms with Crippen LogP contribution in [-0.4, -0.2) is 30.5 Å². The topological polar surface area (TPSA) is 77.6 Å². The molecule has 1 amide bonds. The van der Waals surface area contributed by atoms with Gasteiger partial charge in [0.25, 0.3) is 5.91 Å². The highest BCUT2D eigenvalue weighted by Crippen LogP contribution is 2.32. The van der Waals surface area contributed by atoms with Crippen molar-refractivity contribution in [1.29, 1.82) is 0 Å². The third kappa shape index (κ3) is 3.38. The summed E-state index contributed by atoms with van der Waals surface area (Å²) in [4.78, 5) is 18.5. The fourth-order valence-corrected chi connectivity index (χ4v) is 4.35. The molecule has 3 heterocycles. The summed E-state index contributed by atoms with van der Waals surface area (Å²) in [6.07, 6.45) is 4.68. The van der Waals surface area contributed by atoms with Crippen molar-refractivity contribution in [3.8, 4) is 5.69 Å². The van der Waals surface area contributed by atoms with Crippen molar-refractivity contribution in [2.75, 3.05) is 5.32 Å². The zero-order valence-corrected chi connectivity index (χ0v) is 19.0. The predicted molar refractivity (Wildman–Crippen MR) is 126 cm³/mol. The largest absolute Gasteiger partial charge is 0.306 e. The van der Waals surface area contributed by atoms with Crippen molar-refractivity contribution >= 4 is 22.8 Å². The van der Waals surface area contributed by atoms with Crippen LogP contribution in [0.25, 0.3) is 16.7 Å². The molecule has 0 atom stereocenters. The predicted octanol–water partition coefficient (Wildman–Crippen LogP) is 5.06. The summed E-state index contributed by atoms with van der Waals surface area (Å²) in [7, 11) is 0.